The SMILES string of the molecule is CSCCN(C)c1cc(N)nc(SC)n1. The Morgan fingerprint density at radius 3 is 2.73 bits per heavy atom. The topological polar surface area (TPSA) is 55.0 Å². The second-order valence-corrected chi connectivity index (χ2v) is 4.81. The van der Waals surface area contributed by atoms with Gasteiger partial charge in [-0.2, -0.15) is 11.8 Å². The summed E-state index contributed by atoms with van der Waals surface area (Å²) in [6.45, 7) is 0.964. The summed E-state index contributed by atoms with van der Waals surface area (Å²) >= 11 is 3.32. The van der Waals surface area contributed by atoms with Crippen LogP contribution in [0.5, 0.6) is 0 Å². The van der Waals surface area contributed by atoms with Crippen molar-refractivity contribution >= 4 is 35.2 Å². The number of nitrogens with zero attached hydrogens (tertiary/aromatic N) is 3. The largest absolute Gasteiger partial charge is 0.383 e. The Labute approximate surface area is 99.0 Å². The molecule has 1 rings (SSSR count). The van der Waals surface area contributed by atoms with Crippen LogP contribution in [-0.4, -0.2) is 41.8 Å². The molecule has 15 heavy (non-hydrogen) atoms. The van der Waals surface area contributed by atoms with Crippen molar-refractivity contribution < 1.29 is 0 Å². The number of hydrogen-bond donors (Lipinski definition) is 1. The highest BCUT2D eigenvalue weighted by atomic mass is 32.2. The van der Waals surface area contributed by atoms with Gasteiger partial charge in [-0.05, 0) is 12.5 Å². The van der Waals surface area contributed by atoms with E-state index in [0.717, 1.165) is 23.3 Å². The Bertz CT molecular complexity index is 319. The molecule has 1 heterocycles. The molecule has 0 amide bonds. The van der Waals surface area contributed by atoms with Gasteiger partial charge in [-0.3, -0.25) is 0 Å². The highest BCUT2D eigenvalue weighted by Crippen LogP contribution is 2.17. The van der Waals surface area contributed by atoms with E-state index in [1.165, 1.54) is 11.8 Å². The van der Waals surface area contributed by atoms with Crippen molar-refractivity contribution in [2.75, 3.05) is 42.5 Å². The quantitative estimate of drug-likeness (QED) is 0.627. The lowest BCUT2D eigenvalue weighted by molar-refractivity contribution is 0.890. The highest BCUT2D eigenvalue weighted by molar-refractivity contribution is 7.98. The summed E-state index contributed by atoms with van der Waals surface area (Å²) in [5.41, 5.74) is 5.71. The smallest absolute Gasteiger partial charge is 0.191 e. The van der Waals surface area contributed by atoms with Gasteiger partial charge in [0.1, 0.15) is 11.6 Å². The summed E-state index contributed by atoms with van der Waals surface area (Å²) in [5, 5.41) is 0.723. The van der Waals surface area contributed by atoms with Crippen LogP contribution in [0.25, 0.3) is 0 Å². The van der Waals surface area contributed by atoms with Gasteiger partial charge in [0.2, 0.25) is 0 Å². The van der Waals surface area contributed by atoms with Gasteiger partial charge in [0.15, 0.2) is 5.16 Å². The van der Waals surface area contributed by atoms with Crippen LogP contribution in [0.3, 0.4) is 0 Å². The first-order valence-electron chi connectivity index (χ1n) is 4.56. The molecule has 2 N–H and O–H groups in total. The molecule has 0 saturated heterocycles. The molecule has 4 nitrogen and oxygen atoms in total. The Hall–Kier alpha value is -0.620. The van der Waals surface area contributed by atoms with Crippen molar-refractivity contribution in [1.82, 2.24) is 9.97 Å². The summed E-state index contributed by atoms with van der Waals surface area (Å²) in [6, 6.07) is 1.81. The zero-order chi connectivity index (χ0) is 11.3. The molecular formula is C9H16N4S2. The van der Waals surface area contributed by atoms with E-state index in [4.69, 9.17) is 5.73 Å². The predicted octanol–water partition coefficient (Wildman–Crippen LogP) is 1.58. The zero-order valence-electron chi connectivity index (χ0n) is 9.23. The maximum absolute atomic E-state index is 5.71. The molecule has 0 unspecified atom stereocenters. The Balaban J connectivity index is 2.78. The van der Waals surface area contributed by atoms with Crippen molar-refractivity contribution in [2.45, 2.75) is 5.16 Å². The van der Waals surface area contributed by atoms with Crippen LogP contribution >= 0.6 is 23.5 Å². The third-order valence-corrected chi connectivity index (χ3v) is 3.05. The lowest BCUT2D eigenvalue weighted by atomic mass is 10.5. The van der Waals surface area contributed by atoms with Gasteiger partial charge in [-0.25, -0.2) is 9.97 Å². The Morgan fingerprint density at radius 1 is 1.40 bits per heavy atom. The molecule has 0 bridgehead atoms. The summed E-state index contributed by atoms with van der Waals surface area (Å²) in [4.78, 5) is 10.6. The van der Waals surface area contributed by atoms with Crippen molar-refractivity contribution in [2.24, 2.45) is 0 Å². The fraction of sp³-hybridized carbons (Fsp3) is 0.556. The minimum absolute atomic E-state index is 0.528. The van der Waals surface area contributed by atoms with Gasteiger partial charge < -0.3 is 10.6 Å². The highest BCUT2D eigenvalue weighted by Gasteiger charge is 2.05. The van der Waals surface area contributed by atoms with Gasteiger partial charge in [0.25, 0.3) is 0 Å². The molecule has 0 aliphatic heterocycles. The number of thioether (sulfide) groups is 2. The molecule has 0 aliphatic rings. The molecule has 84 valence electrons. The maximum atomic E-state index is 5.71. The van der Waals surface area contributed by atoms with Crippen LogP contribution in [0.2, 0.25) is 0 Å². The predicted molar refractivity (Wildman–Crippen MR) is 69.9 cm³/mol. The van der Waals surface area contributed by atoms with E-state index >= 15 is 0 Å². The van der Waals surface area contributed by atoms with Crippen LogP contribution in [0, 0.1) is 0 Å². The fourth-order valence-electron chi connectivity index (χ4n) is 1.06. The third-order valence-electron chi connectivity index (χ3n) is 1.92. The standard InChI is InChI=1S/C9H16N4S2/c1-13(4-5-14-2)8-6-7(10)11-9(12-8)15-3/h6H,4-5H2,1-3H3,(H2,10,11,12). The normalized spacial score (nSPS) is 10.3. The van der Waals surface area contributed by atoms with E-state index in [-0.39, 0.29) is 0 Å². The van der Waals surface area contributed by atoms with Gasteiger partial charge in [-0.1, -0.05) is 11.8 Å². The van der Waals surface area contributed by atoms with Gasteiger partial charge in [-0.15, -0.1) is 0 Å². The molecule has 1 aromatic heterocycles. The molecule has 0 radical (unpaired) electrons. The molecule has 0 aliphatic carbocycles. The van der Waals surface area contributed by atoms with Gasteiger partial charge >= 0.3 is 0 Å². The first kappa shape index (κ1) is 12.4. The minimum Gasteiger partial charge on any atom is -0.383 e. The number of rotatable bonds is 5. The third kappa shape index (κ3) is 3.79. The lowest BCUT2D eigenvalue weighted by Gasteiger charge is -2.17. The van der Waals surface area contributed by atoms with Gasteiger partial charge in [0.05, 0.1) is 0 Å². The lowest BCUT2D eigenvalue weighted by Crippen LogP contribution is -2.21. The van der Waals surface area contributed by atoms with E-state index in [9.17, 15) is 0 Å². The number of aromatic nitrogens is 2. The van der Waals surface area contributed by atoms with Crippen molar-refractivity contribution in [3.8, 4) is 0 Å². The second kappa shape index (κ2) is 6.07. The van der Waals surface area contributed by atoms with E-state index in [0.29, 0.717) is 5.82 Å². The molecule has 0 spiro atoms. The average Bonchev–Trinajstić information content (AvgIpc) is 2.24. The monoisotopic (exact) mass is 244 g/mol. The molecule has 1 aromatic rings. The van der Waals surface area contributed by atoms with E-state index in [1.54, 1.807) is 6.07 Å². The summed E-state index contributed by atoms with van der Waals surface area (Å²) in [5.74, 6) is 2.50. The fourth-order valence-corrected chi connectivity index (χ4v) is 1.90. The van der Waals surface area contributed by atoms with Crippen molar-refractivity contribution in [3.63, 3.8) is 0 Å². The zero-order valence-corrected chi connectivity index (χ0v) is 10.9. The first-order valence-corrected chi connectivity index (χ1v) is 7.18. The number of nitrogens with two attached hydrogens (primary N) is 1. The van der Waals surface area contributed by atoms with E-state index < -0.39 is 0 Å². The average molecular weight is 244 g/mol. The van der Waals surface area contributed by atoms with Crippen LogP contribution in [-0.2, 0) is 0 Å². The Morgan fingerprint density at radius 2 is 2.13 bits per heavy atom. The number of anilines is 2. The molecule has 0 atom stereocenters. The second-order valence-electron chi connectivity index (χ2n) is 3.05. The summed E-state index contributed by atoms with van der Waals surface area (Å²) in [7, 11) is 2.02. The Kier molecular flexibility index (Phi) is 5.04. The van der Waals surface area contributed by atoms with Crippen molar-refractivity contribution in [3.05, 3.63) is 6.07 Å². The number of hydrogen-bond acceptors (Lipinski definition) is 6. The van der Waals surface area contributed by atoms with Crippen LogP contribution in [0.15, 0.2) is 11.2 Å². The molecule has 6 heteroatoms. The summed E-state index contributed by atoms with van der Waals surface area (Å²) in [6.07, 6.45) is 4.04. The summed E-state index contributed by atoms with van der Waals surface area (Å²) < 4.78 is 0. The minimum atomic E-state index is 0.528. The van der Waals surface area contributed by atoms with Crippen LogP contribution in [0.4, 0.5) is 11.6 Å². The van der Waals surface area contributed by atoms with Crippen molar-refractivity contribution in [1.29, 1.82) is 0 Å². The molecule has 0 saturated carbocycles. The van der Waals surface area contributed by atoms with Gasteiger partial charge in [0, 0.05) is 25.4 Å². The first-order chi connectivity index (χ1) is 7.17. The van der Waals surface area contributed by atoms with E-state index in [1.807, 2.05) is 25.1 Å². The molecule has 0 aromatic carbocycles. The molecular weight excluding hydrogens is 228 g/mol. The maximum Gasteiger partial charge on any atom is 0.191 e. The molecule has 0 fully saturated rings. The van der Waals surface area contributed by atoms with Crippen LogP contribution < -0.4 is 10.6 Å². The number of nitrogen functional groups attached to an aromatic ring is 1. The van der Waals surface area contributed by atoms with Crippen LogP contribution in [0.1, 0.15) is 0 Å². The van der Waals surface area contributed by atoms with E-state index in [2.05, 4.69) is 21.1 Å².